The molecule has 0 spiro atoms. The van der Waals surface area contributed by atoms with Gasteiger partial charge in [-0.05, 0) is 18.1 Å². The van der Waals surface area contributed by atoms with Crippen molar-refractivity contribution in [2.24, 2.45) is 0 Å². The Morgan fingerprint density at radius 2 is 2.29 bits per heavy atom. The van der Waals surface area contributed by atoms with Crippen molar-refractivity contribution in [1.29, 1.82) is 0 Å². The molecule has 2 aliphatic rings. The zero-order valence-electron chi connectivity index (χ0n) is 13.2. The highest BCUT2D eigenvalue weighted by molar-refractivity contribution is 7.94. The molecular formula is C16H18N2O5S. The minimum atomic E-state index is -3.71. The van der Waals surface area contributed by atoms with Gasteiger partial charge in [0.1, 0.15) is 5.54 Å². The molecule has 24 heavy (non-hydrogen) atoms. The summed E-state index contributed by atoms with van der Waals surface area (Å²) in [6, 6.07) is 2.60. The lowest BCUT2D eigenvalue weighted by atomic mass is 9.94. The molecule has 1 aromatic heterocycles. The van der Waals surface area contributed by atoms with Crippen LogP contribution in [0.3, 0.4) is 0 Å². The van der Waals surface area contributed by atoms with Crippen molar-refractivity contribution in [2.45, 2.75) is 36.1 Å². The third-order valence-electron chi connectivity index (χ3n) is 4.90. The monoisotopic (exact) mass is 350 g/mol. The zero-order valence-corrected chi connectivity index (χ0v) is 14.0. The van der Waals surface area contributed by atoms with Crippen LogP contribution in [0.1, 0.15) is 30.9 Å². The molecule has 7 nitrogen and oxygen atoms in total. The Kier molecular flexibility index (Phi) is 3.95. The van der Waals surface area contributed by atoms with Crippen molar-refractivity contribution in [2.75, 3.05) is 7.11 Å². The largest absolute Gasteiger partial charge is 0.467 e. The maximum absolute atomic E-state index is 12.5. The van der Waals surface area contributed by atoms with E-state index in [1.807, 2.05) is 0 Å². The summed E-state index contributed by atoms with van der Waals surface area (Å²) in [4.78, 5) is 30.4. The fraction of sp³-hybridized carbons (Fsp3) is 0.438. The molecule has 2 fully saturated rings. The Hall–Kier alpha value is -2.22. The first-order valence-electron chi connectivity index (χ1n) is 7.54. The number of nitrogens with zero attached hydrogens (tertiary/aromatic N) is 2. The highest BCUT2D eigenvalue weighted by Crippen LogP contribution is 2.52. The first kappa shape index (κ1) is 16.6. The lowest BCUT2D eigenvalue weighted by Crippen LogP contribution is -2.48. The molecule has 2 saturated heterocycles. The average molecular weight is 350 g/mol. The standard InChI is InChI=1S/C16H18N2O5S/c1-3-24(21,22)12-9-16(15(20)23-2)7-6-13(19)18(16)14(12)11-5-4-8-17-10-11/h3-5,8,10,12,14H,1,6-7,9H2,2H3/t12-,14-,16-/m0/s1. The molecule has 8 heteroatoms. The van der Waals surface area contributed by atoms with Crippen molar-refractivity contribution in [3.63, 3.8) is 0 Å². The van der Waals surface area contributed by atoms with Gasteiger partial charge in [0.2, 0.25) is 5.91 Å². The fourth-order valence-corrected chi connectivity index (χ4v) is 5.23. The lowest BCUT2D eigenvalue weighted by molar-refractivity contribution is -0.156. The van der Waals surface area contributed by atoms with Gasteiger partial charge in [0.05, 0.1) is 18.4 Å². The Morgan fingerprint density at radius 1 is 1.54 bits per heavy atom. The van der Waals surface area contributed by atoms with E-state index < -0.39 is 32.6 Å². The van der Waals surface area contributed by atoms with Crippen molar-refractivity contribution < 1.29 is 22.7 Å². The van der Waals surface area contributed by atoms with E-state index in [0.717, 1.165) is 5.41 Å². The first-order chi connectivity index (χ1) is 11.4. The van der Waals surface area contributed by atoms with Crippen LogP contribution < -0.4 is 0 Å². The second kappa shape index (κ2) is 5.70. The Bertz CT molecular complexity index is 792. The molecule has 0 bridgehead atoms. The molecule has 3 heterocycles. The number of hydrogen-bond acceptors (Lipinski definition) is 6. The van der Waals surface area contributed by atoms with Crippen LogP contribution in [0.4, 0.5) is 0 Å². The number of hydrogen-bond donors (Lipinski definition) is 0. The maximum Gasteiger partial charge on any atom is 0.331 e. The summed E-state index contributed by atoms with van der Waals surface area (Å²) in [5.74, 6) is -0.833. The van der Waals surface area contributed by atoms with Crippen molar-refractivity contribution in [3.8, 4) is 0 Å². The maximum atomic E-state index is 12.5. The van der Waals surface area contributed by atoms with E-state index in [9.17, 15) is 18.0 Å². The van der Waals surface area contributed by atoms with Crippen LogP contribution in [-0.4, -0.2) is 48.1 Å². The van der Waals surface area contributed by atoms with E-state index in [1.165, 1.54) is 18.2 Å². The molecule has 1 aromatic rings. The normalized spacial score (nSPS) is 29.4. The SMILES string of the molecule is C=CS(=O)(=O)[C@H]1C[C@]2(C(=O)OC)CCC(=O)N2[C@H]1c1cccnc1. The van der Waals surface area contributed by atoms with Gasteiger partial charge < -0.3 is 9.64 Å². The summed E-state index contributed by atoms with van der Waals surface area (Å²) in [7, 11) is -2.46. The Balaban J connectivity index is 2.20. The molecular weight excluding hydrogens is 332 g/mol. The van der Waals surface area contributed by atoms with Gasteiger partial charge in [-0.25, -0.2) is 13.2 Å². The van der Waals surface area contributed by atoms with Crippen molar-refractivity contribution >= 4 is 21.7 Å². The van der Waals surface area contributed by atoms with Gasteiger partial charge >= 0.3 is 5.97 Å². The smallest absolute Gasteiger partial charge is 0.331 e. The summed E-state index contributed by atoms with van der Waals surface area (Å²) in [5.41, 5.74) is -0.665. The van der Waals surface area contributed by atoms with Gasteiger partial charge in [0, 0.05) is 30.6 Å². The third-order valence-corrected chi connectivity index (χ3v) is 6.63. The highest BCUT2D eigenvalue weighted by Gasteiger charge is 2.64. The summed E-state index contributed by atoms with van der Waals surface area (Å²) in [6.45, 7) is 3.38. The van der Waals surface area contributed by atoms with Gasteiger partial charge in [-0.3, -0.25) is 9.78 Å². The first-order valence-corrected chi connectivity index (χ1v) is 9.15. The topological polar surface area (TPSA) is 93.6 Å². The van der Waals surface area contributed by atoms with Gasteiger partial charge in [-0.15, -0.1) is 0 Å². The van der Waals surface area contributed by atoms with E-state index >= 15 is 0 Å². The molecule has 1 amide bonds. The summed E-state index contributed by atoms with van der Waals surface area (Å²) >= 11 is 0. The zero-order chi connectivity index (χ0) is 17.5. The minimum Gasteiger partial charge on any atom is -0.467 e. The van der Waals surface area contributed by atoms with Crippen LogP contribution in [0.15, 0.2) is 36.5 Å². The molecule has 2 aliphatic heterocycles. The highest BCUT2D eigenvalue weighted by atomic mass is 32.2. The summed E-state index contributed by atoms with van der Waals surface area (Å²) in [6.07, 6.45) is 3.52. The van der Waals surface area contributed by atoms with Crippen LogP contribution in [0.5, 0.6) is 0 Å². The fourth-order valence-electron chi connectivity index (χ4n) is 3.83. The number of carbonyl (C=O) groups excluding carboxylic acids is 2. The van der Waals surface area contributed by atoms with Crippen LogP contribution in [0, 0.1) is 0 Å². The number of fused-ring (bicyclic) bond motifs is 1. The van der Waals surface area contributed by atoms with E-state index in [-0.39, 0.29) is 25.2 Å². The number of ether oxygens (including phenoxy) is 1. The molecule has 128 valence electrons. The van der Waals surface area contributed by atoms with E-state index in [2.05, 4.69) is 11.6 Å². The van der Waals surface area contributed by atoms with E-state index in [0.29, 0.717) is 5.56 Å². The van der Waals surface area contributed by atoms with E-state index in [1.54, 1.807) is 18.3 Å². The van der Waals surface area contributed by atoms with Crippen LogP contribution >= 0.6 is 0 Å². The number of rotatable bonds is 4. The van der Waals surface area contributed by atoms with Gasteiger partial charge in [0.25, 0.3) is 0 Å². The number of methoxy groups -OCH3 is 1. The molecule has 0 radical (unpaired) electrons. The second-order valence-corrected chi connectivity index (χ2v) is 8.13. The average Bonchev–Trinajstić information content (AvgIpc) is 3.12. The summed E-state index contributed by atoms with van der Waals surface area (Å²) in [5, 5.41) is -0.0684. The predicted molar refractivity (Wildman–Crippen MR) is 85.3 cm³/mol. The molecule has 0 aromatic carbocycles. The molecule has 0 unspecified atom stereocenters. The van der Waals surface area contributed by atoms with Crippen LogP contribution in [0.25, 0.3) is 0 Å². The number of amides is 1. The second-order valence-electron chi connectivity index (χ2n) is 6.02. The van der Waals surface area contributed by atoms with E-state index in [4.69, 9.17) is 4.74 Å². The van der Waals surface area contributed by atoms with Crippen molar-refractivity contribution in [3.05, 3.63) is 42.1 Å². The van der Waals surface area contributed by atoms with Gasteiger partial charge in [-0.2, -0.15) is 0 Å². The Morgan fingerprint density at radius 3 is 2.88 bits per heavy atom. The number of pyridine rings is 1. The minimum absolute atomic E-state index is 0.000667. The number of aromatic nitrogens is 1. The predicted octanol–water partition coefficient (Wildman–Crippen LogP) is 0.987. The molecule has 0 N–H and O–H groups in total. The number of esters is 1. The van der Waals surface area contributed by atoms with Gasteiger partial charge in [-0.1, -0.05) is 12.6 Å². The van der Waals surface area contributed by atoms with Gasteiger partial charge in [0.15, 0.2) is 9.84 Å². The van der Waals surface area contributed by atoms with Crippen molar-refractivity contribution in [1.82, 2.24) is 9.88 Å². The van der Waals surface area contributed by atoms with Crippen LogP contribution in [0.2, 0.25) is 0 Å². The molecule has 0 saturated carbocycles. The molecule has 3 rings (SSSR count). The summed E-state index contributed by atoms with van der Waals surface area (Å²) < 4.78 is 30.0. The third kappa shape index (κ3) is 2.24. The number of carbonyl (C=O) groups is 2. The van der Waals surface area contributed by atoms with Crippen LogP contribution in [-0.2, 0) is 24.2 Å². The molecule has 3 atom stereocenters. The quantitative estimate of drug-likeness (QED) is 0.752. The Labute approximate surface area is 140 Å². The lowest BCUT2D eigenvalue weighted by Gasteiger charge is -2.32. The molecule has 0 aliphatic carbocycles. The number of sulfone groups is 1.